The number of nitrogens with zero attached hydrogens (tertiary/aromatic N) is 1. The summed E-state index contributed by atoms with van der Waals surface area (Å²) in [5, 5.41) is -0.692. The van der Waals surface area contributed by atoms with E-state index in [4.69, 9.17) is 16.3 Å². The predicted molar refractivity (Wildman–Crippen MR) is 56.8 cm³/mol. The lowest BCUT2D eigenvalue weighted by Crippen LogP contribution is -2.45. The lowest BCUT2D eigenvalue weighted by Gasteiger charge is -2.24. The van der Waals surface area contributed by atoms with Crippen molar-refractivity contribution in [3.05, 3.63) is 0 Å². The molecule has 5 heteroatoms. The summed E-state index contributed by atoms with van der Waals surface area (Å²) in [6.07, 6.45) is 0.319. The van der Waals surface area contributed by atoms with Gasteiger partial charge in [0.05, 0.1) is 6.04 Å². The van der Waals surface area contributed by atoms with Crippen molar-refractivity contribution in [2.24, 2.45) is 5.92 Å². The largest absolute Gasteiger partial charge is 0.447 e. The number of halogens is 1. The Morgan fingerprint density at radius 1 is 1.67 bits per heavy atom. The van der Waals surface area contributed by atoms with Crippen molar-refractivity contribution in [1.82, 2.24) is 4.90 Å². The van der Waals surface area contributed by atoms with E-state index >= 15 is 0 Å². The second-order valence-corrected chi connectivity index (χ2v) is 4.51. The molecule has 0 bridgehead atoms. The Hall–Kier alpha value is -0.770. The van der Waals surface area contributed by atoms with Gasteiger partial charge in [-0.2, -0.15) is 0 Å². The first-order valence-corrected chi connectivity index (χ1v) is 5.56. The van der Waals surface area contributed by atoms with Crippen LogP contribution in [0.1, 0.15) is 27.2 Å². The molecule has 0 N–H and O–H groups in total. The predicted octanol–water partition coefficient (Wildman–Crippen LogP) is 2.01. The lowest BCUT2D eigenvalue weighted by molar-refractivity contribution is -0.129. The smallest absolute Gasteiger partial charge is 0.417 e. The fourth-order valence-corrected chi connectivity index (χ4v) is 1.68. The number of hydrogen-bond donors (Lipinski definition) is 0. The van der Waals surface area contributed by atoms with E-state index in [1.807, 2.05) is 13.8 Å². The molecule has 1 heterocycles. The van der Waals surface area contributed by atoms with Crippen LogP contribution in [-0.2, 0) is 9.53 Å². The Kier molecular flexibility index (Phi) is 3.97. The molecule has 15 heavy (non-hydrogen) atoms. The second kappa shape index (κ2) is 4.84. The van der Waals surface area contributed by atoms with Crippen LogP contribution in [-0.4, -0.2) is 34.9 Å². The van der Waals surface area contributed by atoms with E-state index < -0.39 is 11.5 Å². The first-order chi connectivity index (χ1) is 6.99. The average molecular weight is 234 g/mol. The highest BCUT2D eigenvalue weighted by molar-refractivity contribution is 6.31. The number of amides is 2. The maximum Gasteiger partial charge on any atom is 0.417 e. The standard InChI is InChI=1S/C10H16ClNO3/c1-4-6(2)8-5-15-10(14)12(8)9(13)7(3)11/h6-8H,4-5H2,1-3H3/t6?,7?,8-/m1/s1. The molecule has 1 aliphatic rings. The average Bonchev–Trinajstić information content (AvgIpc) is 2.57. The third-order valence-electron chi connectivity index (χ3n) is 2.78. The Bertz CT molecular complexity index is 267. The molecule has 0 aromatic rings. The van der Waals surface area contributed by atoms with Crippen LogP contribution in [0.25, 0.3) is 0 Å². The van der Waals surface area contributed by atoms with Gasteiger partial charge < -0.3 is 4.74 Å². The van der Waals surface area contributed by atoms with E-state index in [-0.39, 0.29) is 24.5 Å². The van der Waals surface area contributed by atoms with Gasteiger partial charge in [-0.1, -0.05) is 20.3 Å². The van der Waals surface area contributed by atoms with Gasteiger partial charge in [0.15, 0.2) is 0 Å². The molecule has 1 fully saturated rings. The van der Waals surface area contributed by atoms with Crippen molar-refractivity contribution < 1.29 is 14.3 Å². The summed E-state index contributed by atoms with van der Waals surface area (Å²) in [5.74, 6) is -0.139. The molecule has 0 aromatic carbocycles. The summed E-state index contributed by atoms with van der Waals surface area (Å²) in [7, 11) is 0. The molecule has 2 amide bonds. The SMILES string of the molecule is CCC(C)[C@H]1COC(=O)N1C(=O)C(C)Cl. The van der Waals surface area contributed by atoms with Crippen molar-refractivity contribution in [2.45, 2.75) is 38.6 Å². The van der Waals surface area contributed by atoms with Crippen LogP contribution < -0.4 is 0 Å². The minimum absolute atomic E-state index is 0.170. The van der Waals surface area contributed by atoms with Gasteiger partial charge in [0.2, 0.25) is 5.91 Å². The zero-order valence-corrected chi connectivity index (χ0v) is 9.95. The van der Waals surface area contributed by atoms with E-state index in [0.29, 0.717) is 0 Å². The van der Waals surface area contributed by atoms with Crippen LogP contribution in [0.3, 0.4) is 0 Å². The summed E-state index contributed by atoms with van der Waals surface area (Å²) in [4.78, 5) is 24.2. The number of rotatable bonds is 3. The van der Waals surface area contributed by atoms with Crippen molar-refractivity contribution in [3.8, 4) is 0 Å². The van der Waals surface area contributed by atoms with E-state index in [9.17, 15) is 9.59 Å². The number of carbonyl (C=O) groups excluding carboxylic acids is 2. The monoisotopic (exact) mass is 233 g/mol. The first-order valence-electron chi connectivity index (χ1n) is 5.12. The zero-order valence-electron chi connectivity index (χ0n) is 9.20. The molecular formula is C10H16ClNO3. The quantitative estimate of drug-likeness (QED) is 0.701. The van der Waals surface area contributed by atoms with Crippen LogP contribution in [0.15, 0.2) is 0 Å². The van der Waals surface area contributed by atoms with Crippen LogP contribution in [0.4, 0.5) is 4.79 Å². The molecule has 0 saturated carbocycles. The van der Waals surface area contributed by atoms with Gasteiger partial charge in [-0.15, -0.1) is 11.6 Å². The van der Waals surface area contributed by atoms with Gasteiger partial charge in [0.25, 0.3) is 0 Å². The fraction of sp³-hybridized carbons (Fsp3) is 0.800. The Balaban J connectivity index is 2.81. The van der Waals surface area contributed by atoms with E-state index in [2.05, 4.69) is 0 Å². The first kappa shape index (κ1) is 12.3. The highest BCUT2D eigenvalue weighted by Gasteiger charge is 2.41. The van der Waals surface area contributed by atoms with Crippen LogP contribution in [0, 0.1) is 5.92 Å². The van der Waals surface area contributed by atoms with Gasteiger partial charge >= 0.3 is 6.09 Å². The molecular weight excluding hydrogens is 218 g/mol. The third-order valence-corrected chi connectivity index (χ3v) is 2.97. The molecule has 1 rings (SSSR count). The minimum Gasteiger partial charge on any atom is -0.447 e. The Labute approximate surface area is 94.5 Å². The van der Waals surface area contributed by atoms with Gasteiger partial charge in [0, 0.05) is 0 Å². The third kappa shape index (κ3) is 2.43. The number of ether oxygens (including phenoxy) is 1. The van der Waals surface area contributed by atoms with Gasteiger partial charge in [-0.05, 0) is 12.8 Å². The van der Waals surface area contributed by atoms with Gasteiger partial charge in [0.1, 0.15) is 12.0 Å². The summed E-state index contributed by atoms with van der Waals surface area (Å²) in [6, 6.07) is -0.170. The molecule has 0 radical (unpaired) electrons. The molecule has 0 spiro atoms. The number of alkyl halides is 1. The van der Waals surface area contributed by atoms with E-state index in [0.717, 1.165) is 11.3 Å². The summed E-state index contributed by atoms with van der Waals surface area (Å²) < 4.78 is 4.88. The van der Waals surface area contributed by atoms with Crippen LogP contribution in [0.5, 0.6) is 0 Å². The maximum absolute atomic E-state index is 11.7. The zero-order chi connectivity index (χ0) is 11.6. The van der Waals surface area contributed by atoms with Crippen molar-refractivity contribution >= 4 is 23.6 Å². The van der Waals surface area contributed by atoms with E-state index in [1.165, 1.54) is 0 Å². The van der Waals surface area contributed by atoms with Crippen molar-refractivity contribution in [3.63, 3.8) is 0 Å². The lowest BCUT2D eigenvalue weighted by atomic mass is 9.99. The number of cyclic esters (lactones) is 1. The molecule has 0 aliphatic carbocycles. The minimum atomic E-state index is -0.692. The summed E-state index contributed by atoms with van der Waals surface area (Å²) in [6.45, 7) is 5.85. The molecule has 1 saturated heterocycles. The molecule has 0 aromatic heterocycles. The Morgan fingerprint density at radius 2 is 2.27 bits per heavy atom. The second-order valence-electron chi connectivity index (χ2n) is 3.85. The fourth-order valence-electron chi connectivity index (χ4n) is 1.57. The topological polar surface area (TPSA) is 46.6 Å². The molecule has 2 unspecified atom stereocenters. The number of carbonyl (C=O) groups is 2. The molecule has 86 valence electrons. The molecule has 4 nitrogen and oxygen atoms in total. The van der Waals surface area contributed by atoms with E-state index in [1.54, 1.807) is 6.92 Å². The normalized spacial score (nSPS) is 24.9. The summed E-state index contributed by atoms with van der Waals surface area (Å²) in [5.41, 5.74) is 0. The molecule has 3 atom stereocenters. The Morgan fingerprint density at radius 3 is 2.73 bits per heavy atom. The van der Waals surface area contributed by atoms with Gasteiger partial charge in [-0.3, -0.25) is 4.79 Å². The van der Waals surface area contributed by atoms with Crippen LogP contribution >= 0.6 is 11.6 Å². The molecule has 1 aliphatic heterocycles. The van der Waals surface area contributed by atoms with Crippen LogP contribution in [0.2, 0.25) is 0 Å². The summed E-state index contributed by atoms with van der Waals surface area (Å²) >= 11 is 5.69. The number of hydrogen-bond acceptors (Lipinski definition) is 3. The highest BCUT2D eigenvalue weighted by Crippen LogP contribution is 2.23. The highest BCUT2D eigenvalue weighted by atomic mass is 35.5. The van der Waals surface area contributed by atoms with Gasteiger partial charge in [-0.25, -0.2) is 9.69 Å². The van der Waals surface area contributed by atoms with Crippen molar-refractivity contribution in [2.75, 3.05) is 6.61 Å². The maximum atomic E-state index is 11.7. The number of imide groups is 1. The van der Waals surface area contributed by atoms with Crippen molar-refractivity contribution in [1.29, 1.82) is 0 Å².